The Morgan fingerprint density at radius 1 is 1.14 bits per heavy atom. The molecule has 36 heavy (non-hydrogen) atoms. The van der Waals surface area contributed by atoms with E-state index in [-0.39, 0.29) is 22.2 Å². The molecule has 5 rings (SSSR count). The lowest BCUT2D eigenvalue weighted by Crippen LogP contribution is -2.59. The third-order valence-electron chi connectivity index (χ3n) is 6.84. The van der Waals surface area contributed by atoms with Gasteiger partial charge in [-0.3, -0.25) is 4.79 Å². The summed E-state index contributed by atoms with van der Waals surface area (Å²) in [5.74, 6) is -3.04. The van der Waals surface area contributed by atoms with Crippen molar-refractivity contribution in [2.45, 2.75) is 31.6 Å². The minimum absolute atomic E-state index is 0.0462. The summed E-state index contributed by atoms with van der Waals surface area (Å²) in [6.45, 7) is 2.24. The number of fused-ring (bicyclic) bond motifs is 2. The molecule has 190 valence electrons. The Hall–Kier alpha value is -3.24. The summed E-state index contributed by atoms with van der Waals surface area (Å²) in [5, 5.41) is 5.05. The SMILES string of the molecule is O=C1NC(C2CCN(CCc3c[nH]c4ccccc34)CC2)N(OC(=O)C(F)(F)F)c2ccc(Cl)cc21. The highest BCUT2D eigenvalue weighted by Crippen LogP contribution is 2.35. The number of aromatic amines is 1. The Morgan fingerprint density at radius 2 is 1.89 bits per heavy atom. The van der Waals surface area contributed by atoms with Crippen LogP contribution in [0.1, 0.15) is 28.8 Å². The smallest absolute Gasteiger partial charge is 0.361 e. The van der Waals surface area contributed by atoms with Crippen LogP contribution < -0.4 is 10.4 Å². The average molecular weight is 521 g/mol. The molecule has 0 radical (unpaired) electrons. The zero-order valence-corrected chi connectivity index (χ0v) is 19.9. The molecule has 1 aromatic heterocycles. The molecule has 2 aliphatic heterocycles. The van der Waals surface area contributed by atoms with E-state index in [0.717, 1.165) is 23.5 Å². The molecule has 2 aliphatic rings. The van der Waals surface area contributed by atoms with Gasteiger partial charge in [-0.1, -0.05) is 29.8 Å². The number of rotatable bonds is 5. The quantitative estimate of drug-likeness (QED) is 0.511. The third kappa shape index (κ3) is 4.87. The number of piperidine rings is 1. The lowest BCUT2D eigenvalue weighted by molar-refractivity contribution is -0.203. The maximum atomic E-state index is 13.0. The maximum absolute atomic E-state index is 13.0. The number of carbonyl (C=O) groups excluding carboxylic acids is 2. The van der Waals surface area contributed by atoms with E-state index < -0.39 is 24.2 Å². The number of hydroxylamine groups is 1. The number of hydrogen-bond donors (Lipinski definition) is 2. The number of carbonyl (C=O) groups is 2. The molecule has 1 unspecified atom stereocenters. The molecular formula is C25H24ClF3N4O3. The molecule has 0 aliphatic carbocycles. The monoisotopic (exact) mass is 520 g/mol. The van der Waals surface area contributed by atoms with Crippen LogP contribution in [0.15, 0.2) is 48.7 Å². The minimum atomic E-state index is -5.18. The summed E-state index contributed by atoms with van der Waals surface area (Å²) in [6, 6.07) is 12.3. The molecule has 1 saturated heterocycles. The summed E-state index contributed by atoms with van der Waals surface area (Å²) < 4.78 is 39.1. The molecule has 0 bridgehead atoms. The molecule has 1 atom stereocenters. The summed E-state index contributed by atoms with van der Waals surface area (Å²) in [6.07, 6.45) is -1.99. The first-order chi connectivity index (χ1) is 17.2. The standard InChI is InChI=1S/C25H24ClF3N4O3/c26-17-5-6-21-19(13-17)23(34)31-22(33(21)36-24(35)25(27,28)29)15-7-10-32(11-8-15)12-9-16-14-30-20-4-2-1-3-18(16)20/h1-6,13-15,22,30H,7-12H2,(H,31,34). The number of alkyl halides is 3. The van der Waals surface area contributed by atoms with Crippen molar-refractivity contribution in [3.63, 3.8) is 0 Å². The largest absolute Gasteiger partial charge is 0.493 e. The van der Waals surface area contributed by atoms with E-state index in [9.17, 15) is 22.8 Å². The van der Waals surface area contributed by atoms with Crippen molar-refractivity contribution in [2.75, 3.05) is 24.7 Å². The van der Waals surface area contributed by atoms with Gasteiger partial charge in [0.05, 0.1) is 11.3 Å². The summed E-state index contributed by atoms with van der Waals surface area (Å²) >= 11 is 5.97. The van der Waals surface area contributed by atoms with Gasteiger partial charge in [-0.05, 0) is 62.2 Å². The van der Waals surface area contributed by atoms with Crippen molar-refractivity contribution in [3.8, 4) is 0 Å². The second-order valence-electron chi connectivity index (χ2n) is 9.07. The highest BCUT2D eigenvalue weighted by atomic mass is 35.5. The summed E-state index contributed by atoms with van der Waals surface area (Å²) in [5.41, 5.74) is 2.44. The zero-order chi connectivity index (χ0) is 25.4. The fourth-order valence-corrected chi connectivity index (χ4v) is 5.14. The Kier molecular flexibility index (Phi) is 6.57. The van der Waals surface area contributed by atoms with E-state index in [1.165, 1.54) is 29.1 Å². The van der Waals surface area contributed by atoms with Crippen LogP contribution in [0.5, 0.6) is 0 Å². The van der Waals surface area contributed by atoms with Crippen LogP contribution in [-0.4, -0.2) is 53.7 Å². The maximum Gasteiger partial charge on any atom is 0.493 e. The van der Waals surface area contributed by atoms with E-state index in [4.69, 9.17) is 16.4 Å². The van der Waals surface area contributed by atoms with Gasteiger partial charge in [-0.25, -0.2) is 4.79 Å². The zero-order valence-electron chi connectivity index (χ0n) is 19.1. The van der Waals surface area contributed by atoms with Gasteiger partial charge in [0.25, 0.3) is 5.91 Å². The van der Waals surface area contributed by atoms with E-state index >= 15 is 0 Å². The van der Waals surface area contributed by atoms with Gasteiger partial charge >= 0.3 is 12.1 Å². The topological polar surface area (TPSA) is 77.7 Å². The molecule has 2 aromatic carbocycles. The minimum Gasteiger partial charge on any atom is -0.361 e. The Bertz CT molecular complexity index is 1290. The fourth-order valence-electron chi connectivity index (χ4n) is 4.97. The molecule has 7 nitrogen and oxygen atoms in total. The number of anilines is 1. The van der Waals surface area contributed by atoms with Crippen molar-refractivity contribution in [2.24, 2.45) is 5.92 Å². The number of nitrogens with zero attached hydrogens (tertiary/aromatic N) is 2. The van der Waals surface area contributed by atoms with Crippen LogP contribution in [0.25, 0.3) is 10.9 Å². The van der Waals surface area contributed by atoms with Crippen molar-refractivity contribution in [3.05, 3.63) is 64.8 Å². The number of benzene rings is 2. The number of aromatic nitrogens is 1. The van der Waals surface area contributed by atoms with Crippen LogP contribution >= 0.6 is 11.6 Å². The van der Waals surface area contributed by atoms with E-state index in [1.54, 1.807) is 0 Å². The number of H-pyrrole nitrogens is 1. The Balaban J connectivity index is 1.28. The van der Waals surface area contributed by atoms with E-state index in [1.807, 2.05) is 24.4 Å². The molecule has 11 heteroatoms. The van der Waals surface area contributed by atoms with Gasteiger partial charge in [-0.15, -0.1) is 0 Å². The lowest BCUT2D eigenvalue weighted by atomic mass is 9.91. The van der Waals surface area contributed by atoms with Crippen LogP contribution in [0, 0.1) is 5.92 Å². The average Bonchev–Trinajstić information content (AvgIpc) is 3.27. The predicted octanol–water partition coefficient (Wildman–Crippen LogP) is 4.67. The van der Waals surface area contributed by atoms with Crippen molar-refractivity contribution in [1.29, 1.82) is 0 Å². The normalized spacial score (nSPS) is 19.3. The fraction of sp³-hybridized carbons (Fsp3) is 0.360. The first-order valence-corrected chi connectivity index (χ1v) is 12.0. The van der Waals surface area contributed by atoms with Gasteiger partial charge < -0.3 is 20.0 Å². The van der Waals surface area contributed by atoms with Crippen molar-refractivity contribution in [1.82, 2.24) is 15.2 Å². The van der Waals surface area contributed by atoms with Crippen LogP contribution in [0.3, 0.4) is 0 Å². The Labute approximate surface area is 210 Å². The predicted molar refractivity (Wildman–Crippen MR) is 128 cm³/mol. The van der Waals surface area contributed by atoms with Gasteiger partial charge in [0.15, 0.2) is 0 Å². The van der Waals surface area contributed by atoms with Gasteiger partial charge in [0.1, 0.15) is 6.17 Å². The second-order valence-corrected chi connectivity index (χ2v) is 9.51. The molecule has 0 saturated carbocycles. The molecule has 3 heterocycles. The molecule has 1 fully saturated rings. The lowest BCUT2D eigenvalue weighted by Gasteiger charge is -2.43. The summed E-state index contributed by atoms with van der Waals surface area (Å²) in [4.78, 5) is 34.8. The Morgan fingerprint density at radius 3 is 2.64 bits per heavy atom. The van der Waals surface area contributed by atoms with Crippen LogP contribution in [0.4, 0.5) is 18.9 Å². The van der Waals surface area contributed by atoms with Gasteiger partial charge in [0, 0.05) is 34.6 Å². The van der Waals surface area contributed by atoms with E-state index in [0.29, 0.717) is 25.9 Å². The molecular weight excluding hydrogens is 497 g/mol. The first kappa shape index (κ1) is 24.5. The number of hydrogen-bond acceptors (Lipinski definition) is 5. The summed E-state index contributed by atoms with van der Waals surface area (Å²) in [7, 11) is 0. The van der Waals surface area contributed by atoms with Crippen molar-refractivity contribution >= 4 is 40.1 Å². The molecule has 0 spiro atoms. The van der Waals surface area contributed by atoms with Gasteiger partial charge in [-0.2, -0.15) is 18.2 Å². The van der Waals surface area contributed by atoms with Crippen LogP contribution in [-0.2, 0) is 16.1 Å². The number of likely N-dealkylation sites (tertiary alicyclic amines) is 1. The highest BCUT2D eigenvalue weighted by molar-refractivity contribution is 6.31. The second kappa shape index (κ2) is 9.67. The van der Waals surface area contributed by atoms with E-state index in [2.05, 4.69) is 21.3 Å². The number of para-hydroxylation sites is 1. The van der Waals surface area contributed by atoms with Crippen molar-refractivity contribution < 1.29 is 27.6 Å². The third-order valence-corrected chi connectivity index (χ3v) is 7.07. The number of amides is 1. The number of nitrogens with one attached hydrogen (secondary N) is 2. The molecule has 2 N–H and O–H groups in total. The van der Waals surface area contributed by atoms with Gasteiger partial charge in [0.2, 0.25) is 0 Å². The number of halogens is 4. The molecule has 3 aromatic rings. The first-order valence-electron chi connectivity index (χ1n) is 11.7. The highest BCUT2D eigenvalue weighted by Gasteiger charge is 2.46. The van der Waals surface area contributed by atoms with Crippen LogP contribution in [0.2, 0.25) is 5.02 Å². The molecule has 1 amide bonds.